The molecule has 1 N–H and O–H groups in total. The molecule has 0 aliphatic rings. The Bertz CT molecular complexity index is 3870. The topological polar surface area (TPSA) is 130 Å². The van der Waals surface area contributed by atoms with E-state index >= 15 is 0 Å². The van der Waals surface area contributed by atoms with Gasteiger partial charge in [0.15, 0.2) is 21.4 Å². The summed E-state index contributed by atoms with van der Waals surface area (Å²) in [5.41, 5.74) is 0. The molecule has 8 nitrogen and oxygen atoms in total. The van der Waals surface area contributed by atoms with Crippen molar-refractivity contribution in [2.24, 2.45) is 0 Å². The number of hydrogen-bond donors (Lipinski definition) is 1. The van der Waals surface area contributed by atoms with Crippen molar-refractivity contribution in [3.05, 3.63) is 346 Å². The average molecular weight is 1350 g/mol. The van der Waals surface area contributed by atoms with E-state index in [0.717, 1.165) is 53.9 Å². The van der Waals surface area contributed by atoms with E-state index in [1.54, 1.807) is 74.9 Å². The van der Waals surface area contributed by atoms with Gasteiger partial charge >= 0.3 is 41.9 Å². The van der Waals surface area contributed by atoms with Gasteiger partial charge in [-0.05, 0) is 59.8 Å². The van der Waals surface area contributed by atoms with Crippen molar-refractivity contribution in [3.8, 4) is 23.0 Å². The Morgan fingerprint density at radius 2 is 0.522 bits per heavy atom. The third-order valence-electron chi connectivity index (χ3n) is 13.7. The maximum absolute atomic E-state index is 14.0. The van der Waals surface area contributed by atoms with Crippen LogP contribution in [0.3, 0.4) is 0 Å². The molecule has 0 aliphatic heterocycles. The van der Waals surface area contributed by atoms with Crippen LogP contribution in [0.15, 0.2) is 340 Å². The van der Waals surface area contributed by atoms with Crippen LogP contribution >= 0.6 is 39.2 Å². The summed E-state index contributed by atoms with van der Waals surface area (Å²) in [6, 6.07) is 106. The molecule has 0 bridgehead atoms. The zero-order chi connectivity index (χ0) is 61.4. The van der Waals surface area contributed by atoms with Crippen molar-refractivity contribution in [1.29, 1.82) is 0 Å². The summed E-state index contributed by atoms with van der Waals surface area (Å²) in [5, 5.41) is 29.2. The van der Waals surface area contributed by atoms with Crippen LogP contribution < -0.4 is 109 Å². The summed E-state index contributed by atoms with van der Waals surface area (Å²) in [4.78, 5) is 0. The predicted octanol–water partition coefficient (Wildman–Crippen LogP) is 7.04. The zero-order valence-corrected chi connectivity index (χ0v) is 57.2. The number of benzene rings is 12. The SMILES string of the molecule is COc1cc[c-]cc1.COc1ccc(P(=O)(c2ccccc2)c2ccccc2)cc1.O=P(Cl)(c1ccccc1)c1ccccc1.O=P(c1ccccc1)(c1ccccc1)c1ccc(O)cc1.O=P(c1ccccc1)(c1ccccc1)c1ccc([O-])cc1.[Br-].[Li+].[Mg+2]. The van der Waals surface area contributed by atoms with Crippen LogP contribution in [-0.2, 0) is 18.3 Å². The van der Waals surface area contributed by atoms with E-state index in [0.29, 0.717) is 15.9 Å². The van der Waals surface area contributed by atoms with E-state index in [1.807, 2.05) is 267 Å². The van der Waals surface area contributed by atoms with Gasteiger partial charge in [0.25, 0.3) is 0 Å². The molecule has 0 amide bonds. The van der Waals surface area contributed by atoms with Gasteiger partial charge in [0.2, 0.25) is 6.49 Å². The fraction of sp³-hybridized carbons (Fsp3) is 0.0270. The van der Waals surface area contributed by atoms with Gasteiger partial charge in [-0.1, -0.05) is 267 Å². The Morgan fingerprint density at radius 1 is 0.322 bits per heavy atom. The maximum Gasteiger partial charge on any atom is 2.00 e. The van der Waals surface area contributed by atoms with Crippen LogP contribution in [0, 0.1) is 6.07 Å². The molecule has 0 aromatic heterocycles. The first-order valence-corrected chi connectivity index (χ1v) is 35.3. The monoisotopic (exact) mass is 1350 g/mol. The Morgan fingerprint density at radius 3 is 0.756 bits per heavy atom. The van der Waals surface area contributed by atoms with Gasteiger partial charge in [0.1, 0.15) is 11.5 Å². The van der Waals surface area contributed by atoms with E-state index in [4.69, 9.17) is 20.7 Å². The van der Waals surface area contributed by atoms with E-state index in [-0.39, 0.29) is 70.4 Å². The Hall–Kier alpha value is -7.11. The third kappa shape index (κ3) is 19.0. The molecule has 0 radical (unpaired) electrons. The molecule has 0 atom stereocenters. The fourth-order valence-electron chi connectivity index (χ4n) is 9.18. The van der Waals surface area contributed by atoms with Gasteiger partial charge in [-0.15, -0.1) is 17.9 Å². The Balaban J connectivity index is 0.000000208. The molecule has 0 fully saturated rings. The van der Waals surface area contributed by atoms with Gasteiger partial charge in [-0.3, -0.25) is 4.57 Å². The summed E-state index contributed by atoms with van der Waals surface area (Å²) in [5.74, 6) is 1.73. The van der Waals surface area contributed by atoms with Crippen LogP contribution in [0.1, 0.15) is 0 Å². The summed E-state index contributed by atoms with van der Waals surface area (Å²) in [7, 11) is -5.43. The molecule has 444 valence electrons. The van der Waals surface area contributed by atoms with Crippen molar-refractivity contribution in [3.63, 3.8) is 0 Å². The number of phenolic OH excluding ortho intramolecular Hbond substituents is 1. The third-order valence-corrected chi connectivity index (χ3v) is 26.0. The minimum atomic E-state index is -2.94. The second-order valence-corrected chi connectivity index (χ2v) is 31.0. The minimum Gasteiger partial charge on any atom is -1.00 e. The molecule has 90 heavy (non-hydrogen) atoms. The van der Waals surface area contributed by atoms with Crippen molar-refractivity contribution in [2.45, 2.75) is 0 Å². The predicted molar refractivity (Wildman–Crippen MR) is 368 cm³/mol. The first-order valence-electron chi connectivity index (χ1n) is 27.6. The van der Waals surface area contributed by atoms with E-state index in [1.165, 1.54) is 12.1 Å². The Kier molecular flexibility index (Phi) is 30.0. The van der Waals surface area contributed by atoms with Crippen molar-refractivity contribution in [2.75, 3.05) is 14.2 Å². The maximum atomic E-state index is 14.0. The molecule has 0 saturated heterocycles. The number of methoxy groups -OCH3 is 2. The molecule has 12 rings (SSSR count). The molecule has 12 aromatic carbocycles. The van der Waals surface area contributed by atoms with Crippen LogP contribution in [0.2, 0.25) is 0 Å². The van der Waals surface area contributed by atoms with Crippen LogP contribution in [0.25, 0.3) is 0 Å². The first-order chi connectivity index (χ1) is 42.3. The summed E-state index contributed by atoms with van der Waals surface area (Å²) in [6.07, 6.45) is 0. The number of halogens is 2. The number of rotatable bonds is 13. The Labute approximate surface area is 572 Å². The molecule has 0 spiro atoms. The van der Waals surface area contributed by atoms with E-state index < -0.39 is 27.9 Å². The standard InChI is InChI=1S/C19H17O2P.2C18H15O2P.C12H10ClOP.C7H7O.BrH.Li.Mg/c1-21-16-12-14-19(15-13-16)22(20,17-8-4-2-5-9-17)18-10-6-3-7-11-18;2*19-15-11-13-18(14-12-15)21(20,16-7-3-1-4-8-16)17-9-5-2-6-10-17;13-15(14,11-7-3-1-4-8-11)12-9-5-2-6-10-12;1-8-7-5-3-2-4-6-7;;;/h2-15H,1H3;2*1-14,19H;1-10H;3-6H,1H3;1H;;/q;;;;-1;;+1;+2/p-2. The van der Waals surface area contributed by atoms with Crippen LogP contribution in [0.4, 0.5) is 0 Å². The summed E-state index contributed by atoms with van der Waals surface area (Å²) >= 11 is 6.14. The summed E-state index contributed by atoms with van der Waals surface area (Å²) in [6.45, 7) is -2.93. The molecular formula is C74H63BrClLiMgO8P4. The van der Waals surface area contributed by atoms with Gasteiger partial charge in [0, 0.05) is 64.1 Å². The van der Waals surface area contributed by atoms with Gasteiger partial charge in [0.05, 0.1) is 14.2 Å². The smallest absolute Gasteiger partial charge is 1.00 e. The molecule has 16 heteroatoms. The van der Waals surface area contributed by atoms with E-state index in [9.17, 15) is 28.5 Å². The molecule has 0 saturated carbocycles. The first kappa shape index (κ1) is 73.6. The van der Waals surface area contributed by atoms with Gasteiger partial charge < -0.3 is 50.4 Å². The number of aromatic hydroxyl groups is 1. The summed E-state index contributed by atoms with van der Waals surface area (Å²) < 4.78 is 64.1. The molecule has 12 aromatic rings. The normalized spacial score (nSPS) is 10.6. The van der Waals surface area contributed by atoms with Gasteiger partial charge in [-0.2, -0.15) is 18.2 Å². The average Bonchev–Trinajstić information content (AvgIpc) is 1.36. The largest absolute Gasteiger partial charge is 2.00 e. The second kappa shape index (κ2) is 36.7. The number of phenols is 1. The second-order valence-electron chi connectivity index (χ2n) is 19.2. The van der Waals surface area contributed by atoms with Crippen LogP contribution in [0.5, 0.6) is 23.0 Å². The zero-order valence-electron chi connectivity index (χ0n) is 49.9. The fourth-order valence-corrected chi connectivity index (χ4v) is 19.2. The van der Waals surface area contributed by atoms with Gasteiger partial charge in [-0.25, -0.2) is 0 Å². The molecular weight excluding hydrogens is 1290 g/mol. The van der Waals surface area contributed by atoms with E-state index in [2.05, 4.69) is 6.07 Å². The number of hydrogen-bond acceptors (Lipinski definition) is 8. The quantitative estimate of drug-likeness (QED) is 0.0740. The van der Waals surface area contributed by atoms with Crippen molar-refractivity contribution >= 4 is 121 Å². The molecule has 0 aliphatic carbocycles. The minimum absolute atomic E-state index is 0. The van der Waals surface area contributed by atoms with Crippen molar-refractivity contribution in [1.82, 2.24) is 0 Å². The number of ether oxygens (including phenoxy) is 2. The van der Waals surface area contributed by atoms with Crippen molar-refractivity contribution < 1.29 is 73.8 Å². The molecule has 0 unspecified atom stereocenters. The van der Waals surface area contributed by atoms with Crippen LogP contribution in [-0.4, -0.2) is 42.4 Å². The molecule has 0 heterocycles.